The SMILES string of the molecule is Cc1ccccc1NC(=O)[C@H](C)OC(=O)CCCN=C1NS(=O)(=O)c2ccccc21. The maximum Gasteiger partial charge on any atom is 0.306 e. The van der Waals surface area contributed by atoms with Crippen LogP contribution in [0.1, 0.15) is 30.9 Å². The lowest BCUT2D eigenvalue weighted by atomic mass is 10.2. The third kappa shape index (κ3) is 5.04. The summed E-state index contributed by atoms with van der Waals surface area (Å²) in [4.78, 5) is 28.7. The van der Waals surface area contributed by atoms with E-state index in [0.29, 0.717) is 17.7 Å². The van der Waals surface area contributed by atoms with Crippen LogP contribution in [0.5, 0.6) is 0 Å². The van der Waals surface area contributed by atoms with Crippen LogP contribution in [0.2, 0.25) is 0 Å². The van der Waals surface area contributed by atoms with Gasteiger partial charge in [-0.3, -0.25) is 19.3 Å². The highest BCUT2D eigenvalue weighted by atomic mass is 32.2. The zero-order chi connectivity index (χ0) is 21.7. The molecule has 0 unspecified atom stereocenters. The number of carbonyl (C=O) groups excluding carboxylic acids is 2. The summed E-state index contributed by atoms with van der Waals surface area (Å²) in [6.07, 6.45) is -0.511. The Labute approximate surface area is 175 Å². The molecule has 0 spiro atoms. The van der Waals surface area contributed by atoms with Crippen molar-refractivity contribution in [2.24, 2.45) is 4.99 Å². The van der Waals surface area contributed by atoms with E-state index < -0.39 is 28.0 Å². The zero-order valence-electron chi connectivity index (χ0n) is 16.7. The normalized spacial score (nSPS) is 16.4. The molecule has 0 bridgehead atoms. The van der Waals surface area contributed by atoms with E-state index in [4.69, 9.17) is 4.74 Å². The molecule has 1 amide bonds. The van der Waals surface area contributed by atoms with Gasteiger partial charge in [-0.2, -0.15) is 0 Å². The van der Waals surface area contributed by atoms with Gasteiger partial charge in [0.15, 0.2) is 6.10 Å². The number of nitrogens with one attached hydrogen (secondary N) is 2. The summed E-state index contributed by atoms with van der Waals surface area (Å²) < 4.78 is 31.7. The molecule has 9 heteroatoms. The maximum atomic E-state index is 12.2. The highest BCUT2D eigenvalue weighted by molar-refractivity contribution is 7.90. The van der Waals surface area contributed by atoms with E-state index in [1.54, 1.807) is 24.3 Å². The summed E-state index contributed by atoms with van der Waals surface area (Å²) in [6, 6.07) is 13.9. The molecule has 2 N–H and O–H groups in total. The summed E-state index contributed by atoms with van der Waals surface area (Å²) in [5.74, 6) is -0.658. The van der Waals surface area contributed by atoms with Crippen molar-refractivity contribution in [2.45, 2.75) is 37.7 Å². The third-order valence-corrected chi connectivity index (χ3v) is 5.95. The van der Waals surface area contributed by atoms with Crippen molar-refractivity contribution < 1.29 is 22.7 Å². The second-order valence-corrected chi connectivity index (χ2v) is 8.52. The molecule has 158 valence electrons. The third-order valence-electron chi connectivity index (χ3n) is 4.55. The lowest BCUT2D eigenvalue weighted by molar-refractivity contribution is -0.153. The van der Waals surface area contributed by atoms with Gasteiger partial charge in [-0.25, -0.2) is 8.42 Å². The van der Waals surface area contributed by atoms with Gasteiger partial charge in [-0.15, -0.1) is 0 Å². The average Bonchev–Trinajstić information content (AvgIpc) is 2.97. The van der Waals surface area contributed by atoms with E-state index >= 15 is 0 Å². The number of ether oxygens (including phenoxy) is 1. The van der Waals surface area contributed by atoms with Crippen molar-refractivity contribution in [3.8, 4) is 0 Å². The number of esters is 1. The van der Waals surface area contributed by atoms with Crippen LogP contribution in [-0.4, -0.2) is 38.8 Å². The van der Waals surface area contributed by atoms with Gasteiger partial charge in [0.05, 0.1) is 4.90 Å². The summed E-state index contributed by atoms with van der Waals surface area (Å²) >= 11 is 0. The van der Waals surface area contributed by atoms with Crippen LogP contribution >= 0.6 is 0 Å². The number of aliphatic imine (C=N–C) groups is 1. The number of benzene rings is 2. The van der Waals surface area contributed by atoms with Crippen molar-refractivity contribution in [3.05, 3.63) is 59.7 Å². The molecule has 1 aliphatic rings. The quantitative estimate of drug-likeness (QED) is 0.518. The number of nitrogens with zero attached hydrogens (tertiary/aromatic N) is 1. The van der Waals surface area contributed by atoms with Crippen molar-refractivity contribution >= 4 is 33.4 Å². The van der Waals surface area contributed by atoms with Crippen LogP contribution in [-0.2, 0) is 24.3 Å². The minimum absolute atomic E-state index is 0.0627. The number of hydrogen-bond donors (Lipinski definition) is 2. The van der Waals surface area contributed by atoms with E-state index in [1.165, 1.54) is 13.0 Å². The number of carbonyl (C=O) groups is 2. The lowest BCUT2D eigenvalue weighted by Crippen LogP contribution is -2.30. The molecule has 1 aliphatic heterocycles. The Morgan fingerprint density at radius 3 is 2.60 bits per heavy atom. The number of amidine groups is 1. The molecule has 0 radical (unpaired) electrons. The molecule has 0 saturated carbocycles. The minimum Gasteiger partial charge on any atom is -0.453 e. The number of fused-ring (bicyclic) bond motifs is 1. The topological polar surface area (TPSA) is 114 Å². The molecule has 2 aromatic carbocycles. The predicted octanol–water partition coefficient (Wildman–Crippen LogP) is 2.38. The molecular weight excluding hydrogens is 406 g/mol. The van der Waals surface area contributed by atoms with Crippen molar-refractivity contribution in [2.75, 3.05) is 11.9 Å². The summed E-state index contributed by atoms with van der Waals surface area (Å²) in [5.41, 5.74) is 2.09. The molecule has 0 saturated heterocycles. The number of para-hydroxylation sites is 1. The number of hydrogen-bond acceptors (Lipinski definition) is 6. The minimum atomic E-state index is -3.58. The van der Waals surface area contributed by atoms with E-state index in [1.807, 2.05) is 25.1 Å². The second kappa shape index (κ2) is 9.08. The first kappa shape index (κ1) is 21.5. The number of amides is 1. The molecule has 0 fully saturated rings. The standard InChI is InChI=1S/C21H23N3O5S/c1-14-8-3-5-10-17(14)23-21(26)15(2)29-19(25)12-7-13-22-20-16-9-4-6-11-18(16)30(27,28)24-20/h3-6,8-11,15H,7,12-13H2,1-2H3,(H,22,24)(H,23,26)/t15-/m0/s1. The number of anilines is 1. The number of aryl methyl sites for hydroxylation is 1. The van der Waals surface area contributed by atoms with Crippen molar-refractivity contribution in [1.29, 1.82) is 0 Å². The Morgan fingerprint density at radius 1 is 1.13 bits per heavy atom. The van der Waals surface area contributed by atoms with E-state index in [9.17, 15) is 18.0 Å². The number of sulfonamides is 1. The van der Waals surface area contributed by atoms with Gasteiger partial charge in [-0.1, -0.05) is 30.3 Å². The lowest BCUT2D eigenvalue weighted by Gasteiger charge is -2.14. The zero-order valence-corrected chi connectivity index (χ0v) is 17.5. The molecular formula is C21H23N3O5S. The fraction of sp³-hybridized carbons (Fsp3) is 0.286. The maximum absolute atomic E-state index is 12.2. The van der Waals surface area contributed by atoms with Crippen LogP contribution in [0.25, 0.3) is 0 Å². The van der Waals surface area contributed by atoms with E-state index in [2.05, 4.69) is 15.0 Å². The summed E-state index contributed by atoms with van der Waals surface area (Å²) in [5, 5.41) is 2.73. The van der Waals surface area contributed by atoms with Crippen LogP contribution in [0, 0.1) is 6.92 Å². The molecule has 1 atom stereocenters. The highest BCUT2D eigenvalue weighted by Crippen LogP contribution is 2.22. The van der Waals surface area contributed by atoms with E-state index in [0.717, 1.165) is 5.56 Å². The van der Waals surface area contributed by atoms with Gasteiger partial charge in [0.25, 0.3) is 15.9 Å². The Kier molecular flexibility index (Phi) is 6.51. The Bertz CT molecular complexity index is 1100. The Balaban J connectivity index is 1.47. The van der Waals surface area contributed by atoms with Crippen molar-refractivity contribution in [3.63, 3.8) is 0 Å². The Hall–Kier alpha value is -3.20. The molecule has 30 heavy (non-hydrogen) atoms. The number of rotatable bonds is 7. The van der Waals surface area contributed by atoms with Crippen LogP contribution in [0.15, 0.2) is 58.4 Å². The van der Waals surface area contributed by atoms with E-state index in [-0.39, 0.29) is 23.7 Å². The average molecular weight is 429 g/mol. The van der Waals surface area contributed by atoms with Gasteiger partial charge in [-0.05, 0) is 44.0 Å². The monoisotopic (exact) mass is 429 g/mol. The fourth-order valence-corrected chi connectivity index (χ4v) is 4.17. The first-order valence-electron chi connectivity index (χ1n) is 9.50. The van der Waals surface area contributed by atoms with Crippen molar-refractivity contribution in [1.82, 2.24) is 4.72 Å². The smallest absolute Gasteiger partial charge is 0.306 e. The second-order valence-electron chi connectivity index (χ2n) is 6.87. The predicted molar refractivity (Wildman–Crippen MR) is 113 cm³/mol. The highest BCUT2D eigenvalue weighted by Gasteiger charge is 2.29. The van der Waals surface area contributed by atoms with Crippen LogP contribution in [0.3, 0.4) is 0 Å². The molecule has 8 nitrogen and oxygen atoms in total. The van der Waals surface area contributed by atoms with Crippen LogP contribution < -0.4 is 10.0 Å². The van der Waals surface area contributed by atoms with Gasteiger partial charge >= 0.3 is 5.97 Å². The molecule has 3 rings (SSSR count). The first-order chi connectivity index (χ1) is 14.3. The largest absolute Gasteiger partial charge is 0.453 e. The summed E-state index contributed by atoms with van der Waals surface area (Å²) in [6.45, 7) is 3.62. The fourth-order valence-electron chi connectivity index (χ4n) is 2.92. The molecule has 0 aromatic heterocycles. The summed E-state index contributed by atoms with van der Waals surface area (Å²) in [7, 11) is -3.58. The van der Waals surface area contributed by atoms with Gasteiger partial charge in [0.1, 0.15) is 5.84 Å². The Morgan fingerprint density at radius 2 is 1.83 bits per heavy atom. The van der Waals surface area contributed by atoms with Crippen LogP contribution in [0.4, 0.5) is 5.69 Å². The molecule has 0 aliphatic carbocycles. The first-order valence-corrected chi connectivity index (χ1v) is 11.0. The van der Waals surface area contributed by atoms with Gasteiger partial charge in [0, 0.05) is 24.2 Å². The van der Waals surface area contributed by atoms with Gasteiger partial charge in [0.2, 0.25) is 0 Å². The molecule has 2 aromatic rings. The molecule has 1 heterocycles. The van der Waals surface area contributed by atoms with Gasteiger partial charge < -0.3 is 10.1 Å².